The Kier molecular flexibility index (Phi) is 3.30. The Bertz CT molecular complexity index is 601. The summed E-state index contributed by atoms with van der Waals surface area (Å²) in [5.41, 5.74) is 0.587. The lowest BCUT2D eigenvalue weighted by Crippen LogP contribution is -2.12. The van der Waals surface area contributed by atoms with Gasteiger partial charge in [-0.2, -0.15) is 0 Å². The monoisotopic (exact) mass is 266 g/mol. The van der Waals surface area contributed by atoms with E-state index in [1.807, 2.05) is 20.8 Å². The maximum atomic E-state index is 13.6. The molecule has 0 aliphatic heterocycles. The summed E-state index contributed by atoms with van der Waals surface area (Å²) in [7, 11) is 0. The molecule has 1 heterocycles. The summed E-state index contributed by atoms with van der Waals surface area (Å²) in [6.07, 6.45) is 3.12. The molecule has 0 atom stereocenters. The van der Waals surface area contributed by atoms with Crippen LogP contribution < -0.4 is 0 Å². The smallest absolute Gasteiger partial charge is 0.195 e. The zero-order valence-corrected chi connectivity index (χ0v) is 10.8. The minimum Gasteiger partial charge on any atom is -0.236 e. The topological polar surface area (TPSA) is 25.8 Å². The molecule has 0 unspecified atom stereocenters. The van der Waals surface area contributed by atoms with E-state index in [-0.39, 0.29) is 16.8 Å². The van der Waals surface area contributed by atoms with Crippen LogP contribution in [0.3, 0.4) is 0 Å². The minimum atomic E-state index is -1.51. The molecule has 100 valence electrons. The summed E-state index contributed by atoms with van der Waals surface area (Å²) in [4.78, 5) is 8.01. The number of benzene rings is 1. The maximum absolute atomic E-state index is 13.6. The first-order valence-corrected chi connectivity index (χ1v) is 5.77. The van der Waals surface area contributed by atoms with Gasteiger partial charge in [0.1, 0.15) is 0 Å². The summed E-state index contributed by atoms with van der Waals surface area (Å²) >= 11 is 0. The number of hydrogen-bond acceptors (Lipinski definition) is 2. The van der Waals surface area contributed by atoms with Crippen molar-refractivity contribution in [3.63, 3.8) is 0 Å². The Morgan fingerprint density at radius 2 is 1.47 bits per heavy atom. The van der Waals surface area contributed by atoms with E-state index in [4.69, 9.17) is 0 Å². The van der Waals surface area contributed by atoms with Gasteiger partial charge in [-0.1, -0.05) is 20.8 Å². The highest BCUT2D eigenvalue weighted by atomic mass is 19.2. The molecule has 0 bridgehead atoms. The zero-order chi connectivity index (χ0) is 14.2. The number of rotatable bonds is 1. The lowest BCUT2D eigenvalue weighted by Gasteiger charge is -2.17. The normalized spacial score (nSPS) is 11.7. The molecular weight excluding hydrogens is 253 g/mol. The lowest BCUT2D eigenvalue weighted by molar-refractivity contribution is 0.448. The Balaban J connectivity index is 2.46. The fourth-order valence-corrected chi connectivity index (χ4v) is 1.55. The van der Waals surface area contributed by atoms with Gasteiger partial charge in [-0.3, -0.25) is 0 Å². The van der Waals surface area contributed by atoms with E-state index in [2.05, 4.69) is 9.97 Å². The molecule has 0 amide bonds. The largest absolute Gasteiger partial charge is 0.236 e. The molecule has 0 spiro atoms. The van der Waals surface area contributed by atoms with E-state index in [9.17, 15) is 13.2 Å². The fraction of sp³-hybridized carbons (Fsp3) is 0.286. The molecule has 2 nitrogen and oxygen atoms in total. The standard InChI is InChI=1S/C14H13F3N2/c1-14(2,3)8-6-18-13(19-7-8)9-4-5-10(15)12(17)11(9)16/h4-7H,1-3H3. The van der Waals surface area contributed by atoms with Gasteiger partial charge in [0, 0.05) is 12.4 Å². The van der Waals surface area contributed by atoms with Crippen molar-refractivity contribution >= 4 is 0 Å². The number of hydrogen-bond donors (Lipinski definition) is 0. The van der Waals surface area contributed by atoms with Gasteiger partial charge < -0.3 is 0 Å². The maximum Gasteiger partial charge on any atom is 0.195 e. The molecule has 0 saturated carbocycles. The van der Waals surface area contributed by atoms with Crippen molar-refractivity contribution < 1.29 is 13.2 Å². The Hall–Kier alpha value is -1.91. The lowest BCUT2D eigenvalue weighted by atomic mass is 9.89. The average Bonchev–Trinajstić information content (AvgIpc) is 2.35. The second kappa shape index (κ2) is 4.64. The van der Waals surface area contributed by atoms with E-state index >= 15 is 0 Å². The van der Waals surface area contributed by atoms with Crippen LogP contribution in [0.4, 0.5) is 13.2 Å². The van der Waals surface area contributed by atoms with Crippen LogP contribution in [0.1, 0.15) is 26.3 Å². The third-order valence-corrected chi connectivity index (χ3v) is 2.79. The van der Waals surface area contributed by atoms with Gasteiger partial charge in [0.05, 0.1) is 5.56 Å². The van der Waals surface area contributed by atoms with Gasteiger partial charge in [-0.05, 0) is 23.1 Å². The molecule has 0 fully saturated rings. The number of nitrogens with zero attached hydrogens (tertiary/aromatic N) is 2. The molecule has 0 aliphatic carbocycles. The van der Waals surface area contributed by atoms with Gasteiger partial charge in [0.25, 0.3) is 0 Å². The fourth-order valence-electron chi connectivity index (χ4n) is 1.55. The van der Waals surface area contributed by atoms with Gasteiger partial charge in [-0.15, -0.1) is 0 Å². The first-order chi connectivity index (χ1) is 8.80. The van der Waals surface area contributed by atoms with Gasteiger partial charge in [-0.25, -0.2) is 23.1 Å². The van der Waals surface area contributed by atoms with Gasteiger partial charge in [0.15, 0.2) is 23.3 Å². The van der Waals surface area contributed by atoms with Gasteiger partial charge >= 0.3 is 0 Å². The number of halogens is 3. The van der Waals surface area contributed by atoms with E-state index in [0.29, 0.717) is 0 Å². The van der Waals surface area contributed by atoms with Crippen LogP contribution in [0.5, 0.6) is 0 Å². The van der Waals surface area contributed by atoms with Crippen LogP contribution in [0.2, 0.25) is 0 Å². The molecule has 0 saturated heterocycles. The highest BCUT2D eigenvalue weighted by Crippen LogP contribution is 2.25. The molecule has 0 radical (unpaired) electrons. The SMILES string of the molecule is CC(C)(C)c1cnc(-c2ccc(F)c(F)c2F)nc1. The molecule has 2 aromatic rings. The Morgan fingerprint density at radius 1 is 0.895 bits per heavy atom. The highest BCUT2D eigenvalue weighted by molar-refractivity contribution is 5.55. The third-order valence-electron chi connectivity index (χ3n) is 2.79. The van der Waals surface area contributed by atoms with E-state index in [1.165, 1.54) is 0 Å². The number of aromatic nitrogens is 2. The third kappa shape index (κ3) is 2.59. The van der Waals surface area contributed by atoms with Crippen LogP contribution >= 0.6 is 0 Å². The zero-order valence-electron chi connectivity index (χ0n) is 10.8. The van der Waals surface area contributed by atoms with Crippen LogP contribution in [0, 0.1) is 17.5 Å². The second-order valence-corrected chi connectivity index (χ2v) is 5.27. The van der Waals surface area contributed by atoms with Crippen molar-refractivity contribution in [3.05, 3.63) is 47.5 Å². The Morgan fingerprint density at radius 3 is 2.00 bits per heavy atom. The van der Waals surface area contributed by atoms with Crippen LogP contribution in [-0.4, -0.2) is 9.97 Å². The summed E-state index contributed by atoms with van der Waals surface area (Å²) in [5.74, 6) is -3.98. The molecule has 0 aliphatic rings. The summed E-state index contributed by atoms with van der Waals surface area (Å²) in [6, 6.07) is 1.98. The van der Waals surface area contributed by atoms with Crippen LogP contribution in [-0.2, 0) is 5.41 Å². The molecule has 1 aromatic carbocycles. The molecular formula is C14H13F3N2. The van der Waals surface area contributed by atoms with Crippen molar-refractivity contribution in [2.24, 2.45) is 0 Å². The predicted octanol–water partition coefficient (Wildman–Crippen LogP) is 3.86. The van der Waals surface area contributed by atoms with Crippen LogP contribution in [0.25, 0.3) is 11.4 Å². The predicted molar refractivity (Wildman–Crippen MR) is 66.0 cm³/mol. The average molecular weight is 266 g/mol. The molecule has 5 heteroatoms. The Labute approximate surface area is 109 Å². The van der Waals surface area contributed by atoms with Gasteiger partial charge in [0.2, 0.25) is 0 Å². The quantitative estimate of drug-likeness (QED) is 0.732. The van der Waals surface area contributed by atoms with Crippen LogP contribution in [0.15, 0.2) is 24.5 Å². The summed E-state index contributed by atoms with van der Waals surface area (Å²) < 4.78 is 39.6. The van der Waals surface area contributed by atoms with Crippen molar-refractivity contribution in [2.75, 3.05) is 0 Å². The van der Waals surface area contributed by atoms with E-state index < -0.39 is 17.5 Å². The summed E-state index contributed by atoms with van der Waals surface area (Å²) in [5, 5.41) is 0. The van der Waals surface area contributed by atoms with E-state index in [0.717, 1.165) is 17.7 Å². The van der Waals surface area contributed by atoms with Crippen molar-refractivity contribution in [1.29, 1.82) is 0 Å². The minimum absolute atomic E-state index is 0.0319. The molecule has 2 rings (SSSR count). The van der Waals surface area contributed by atoms with Crippen molar-refractivity contribution in [1.82, 2.24) is 9.97 Å². The highest BCUT2D eigenvalue weighted by Gasteiger charge is 2.18. The first-order valence-electron chi connectivity index (χ1n) is 5.77. The molecule has 1 aromatic heterocycles. The molecule has 19 heavy (non-hydrogen) atoms. The van der Waals surface area contributed by atoms with Crippen molar-refractivity contribution in [3.8, 4) is 11.4 Å². The van der Waals surface area contributed by atoms with E-state index in [1.54, 1.807) is 12.4 Å². The summed E-state index contributed by atoms with van der Waals surface area (Å²) in [6.45, 7) is 5.97. The second-order valence-electron chi connectivity index (χ2n) is 5.27. The first kappa shape index (κ1) is 13.5. The van der Waals surface area contributed by atoms with Crippen molar-refractivity contribution in [2.45, 2.75) is 26.2 Å². The molecule has 0 N–H and O–H groups in total.